The molecule has 1 unspecified atom stereocenters. The Bertz CT molecular complexity index is 1690. The number of esters is 3. The van der Waals surface area contributed by atoms with E-state index in [1.54, 1.807) is 0 Å². The summed E-state index contributed by atoms with van der Waals surface area (Å²) in [6, 6.07) is 0. The van der Waals surface area contributed by atoms with E-state index in [0.717, 1.165) is 128 Å². The first-order valence-corrected chi connectivity index (χ1v) is 34.5. The molecule has 0 radical (unpaired) electrons. The molecule has 0 aromatic heterocycles. The normalized spacial score (nSPS) is 12.9. The zero-order valence-electron chi connectivity index (χ0n) is 53.7. The largest absolute Gasteiger partial charge is 0.462 e. The maximum absolute atomic E-state index is 12.9. The van der Waals surface area contributed by atoms with Crippen molar-refractivity contribution in [1.82, 2.24) is 0 Å². The summed E-state index contributed by atoms with van der Waals surface area (Å²) in [7, 11) is 0. The zero-order chi connectivity index (χ0) is 59.2. The highest BCUT2D eigenvalue weighted by Crippen LogP contribution is 2.17. The summed E-state index contributed by atoms with van der Waals surface area (Å²) in [5.74, 6) is -0.912. The molecule has 0 aromatic rings. The minimum Gasteiger partial charge on any atom is -0.462 e. The van der Waals surface area contributed by atoms with Crippen molar-refractivity contribution in [3.8, 4) is 0 Å². The second kappa shape index (κ2) is 69.3. The van der Waals surface area contributed by atoms with E-state index in [4.69, 9.17) is 14.2 Å². The summed E-state index contributed by atoms with van der Waals surface area (Å²) in [4.78, 5) is 38.4. The third-order valence-corrected chi connectivity index (χ3v) is 14.7. The van der Waals surface area contributed by atoms with Crippen molar-refractivity contribution in [2.24, 2.45) is 0 Å². The number of allylic oxidation sites excluding steroid dienone is 20. The van der Waals surface area contributed by atoms with Gasteiger partial charge in [0, 0.05) is 19.3 Å². The minimum absolute atomic E-state index is 0.0901. The second-order valence-electron chi connectivity index (χ2n) is 22.7. The fourth-order valence-corrected chi connectivity index (χ4v) is 9.62. The van der Waals surface area contributed by atoms with Gasteiger partial charge in [-0.05, 0) is 109 Å². The van der Waals surface area contributed by atoms with Crippen LogP contribution in [0.5, 0.6) is 0 Å². The van der Waals surface area contributed by atoms with Crippen LogP contribution < -0.4 is 0 Å². The molecule has 0 aromatic carbocycles. The lowest BCUT2D eigenvalue weighted by molar-refractivity contribution is -0.167. The molecule has 0 heterocycles. The minimum atomic E-state index is -0.798. The first kappa shape index (κ1) is 77.8. The standard InChI is InChI=1S/C76H128O6/c1-4-7-10-13-16-19-22-25-28-31-33-34-35-36-37-38-39-40-41-42-44-45-48-51-54-57-60-63-66-69-75(78)81-72-73(71-80-74(77)68-65-62-59-56-53-50-47-30-27-24-21-18-15-12-9-6-3)82-76(79)70-67-64-61-58-55-52-49-46-43-32-29-26-23-20-17-14-11-8-5-2/h7-8,10-11,16-17,19-20,25-26,28-29,33-34,36-37,43,46,52,55,73H,4-6,9,12-15,18,21-24,27,30-32,35,38-42,44-45,47-51,53-54,56-72H2,1-3H3/b10-7-,11-8-,19-16-,20-17-,28-25-,29-26-,34-33-,37-36-,46-43-,55-52-. The van der Waals surface area contributed by atoms with Crippen molar-refractivity contribution in [1.29, 1.82) is 0 Å². The van der Waals surface area contributed by atoms with Crippen LogP contribution in [-0.4, -0.2) is 37.2 Å². The predicted molar refractivity (Wildman–Crippen MR) is 357 cm³/mol. The van der Waals surface area contributed by atoms with E-state index in [-0.39, 0.29) is 37.5 Å². The molecule has 6 nitrogen and oxygen atoms in total. The van der Waals surface area contributed by atoms with Gasteiger partial charge in [0.1, 0.15) is 13.2 Å². The molecule has 0 spiro atoms. The van der Waals surface area contributed by atoms with Crippen LogP contribution in [0.15, 0.2) is 122 Å². The van der Waals surface area contributed by atoms with Crippen molar-refractivity contribution in [3.05, 3.63) is 122 Å². The van der Waals surface area contributed by atoms with Crippen molar-refractivity contribution >= 4 is 17.9 Å². The SMILES string of the molecule is CC/C=C\C/C=C\C/C=C\C/C=C\C/C=C\CCCCCCCCCCCCCCCC(=O)OCC(COC(=O)CCCCCCCCCCCCCCCCCC)OC(=O)CCCCC/C=C\C/C=C\C/C=C\C/C=C\C/C=C\CC. The van der Waals surface area contributed by atoms with Crippen LogP contribution in [0.25, 0.3) is 0 Å². The van der Waals surface area contributed by atoms with Gasteiger partial charge in [0.15, 0.2) is 6.10 Å². The van der Waals surface area contributed by atoms with Gasteiger partial charge >= 0.3 is 17.9 Å². The molecule has 0 saturated carbocycles. The van der Waals surface area contributed by atoms with Crippen LogP contribution in [0, 0.1) is 0 Å². The average molecular weight is 1140 g/mol. The molecule has 0 fully saturated rings. The lowest BCUT2D eigenvalue weighted by Crippen LogP contribution is -2.30. The van der Waals surface area contributed by atoms with E-state index in [1.807, 2.05) is 0 Å². The van der Waals surface area contributed by atoms with Crippen LogP contribution in [0.3, 0.4) is 0 Å². The van der Waals surface area contributed by atoms with E-state index in [2.05, 4.69) is 142 Å². The van der Waals surface area contributed by atoms with Gasteiger partial charge in [0.05, 0.1) is 0 Å². The Morgan fingerprint density at radius 1 is 0.256 bits per heavy atom. The Morgan fingerprint density at radius 3 is 0.756 bits per heavy atom. The Kier molecular flexibility index (Phi) is 65.8. The van der Waals surface area contributed by atoms with Gasteiger partial charge < -0.3 is 14.2 Å². The maximum atomic E-state index is 12.9. The molecule has 0 aliphatic carbocycles. The molecule has 0 aliphatic heterocycles. The number of carbonyl (C=O) groups excluding carboxylic acids is 3. The van der Waals surface area contributed by atoms with Crippen LogP contribution in [0.1, 0.15) is 323 Å². The van der Waals surface area contributed by atoms with E-state index >= 15 is 0 Å². The van der Waals surface area contributed by atoms with Crippen LogP contribution in [-0.2, 0) is 28.6 Å². The number of hydrogen-bond donors (Lipinski definition) is 0. The highest BCUT2D eigenvalue weighted by molar-refractivity contribution is 5.71. The van der Waals surface area contributed by atoms with Gasteiger partial charge in [-0.3, -0.25) is 14.4 Å². The van der Waals surface area contributed by atoms with Gasteiger partial charge in [-0.25, -0.2) is 0 Å². The molecule has 0 bridgehead atoms. The van der Waals surface area contributed by atoms with E-state index in [1.165, 1.54) is 154 Å². The highest BCUT2D eigenvalue weighted by Gasteiger charge is 2.19. The lowest BCUT2D eigenvalue weighted by Gasteiger charge is -2.18. The van der Waals surface area contributed by atoms with E-state index in [0.29, 0.717) is 12.8 Å². The van der Waals surface area contributed by atoms with Gasteiger partial charge in [0.2, 0.25) is 0 Å². The molecule has 0 saturated heterocycles. The topological polar surface area (TPSA) is 78.9 Å². The molecule has 0 N–H and O–H groups in total. The quantitative estimate of drug-likeness (QED) is 0.0261. The number of unbranched alkanes of at least 4 members (excludes halogenated alkanes) is 31. The summed E-state index contributed by atoms with van der Waals surface area (Å²) in [5, 5.41) is 0. The molecule has 0 rings (SSSR count). The average Bonchev–Trinajstić information content (AvgIpc) is 3.47. The van der Waals surface area contributed by atoms with Gasteiger partial charge in [0.25, 0.3) is 0 Å². The number of rotatable bonds is 62. The van der Waals surface area contributed by atoms with Crippen molar-refractivity contribution in [2.75, 3.05) is 13.2 Å². The summed E-state index contributed by atoms with van der Waals surface area (Å²) in [6.07, 6.45) is 96.4. The van der Waals surface area contributed by atoms with Crippen molar-refractivity contribution in [3.63, 3.8) is 0 Å². The number of carbonyl (C=O) groups is 3. The molecular weight excluding hydrogens is 1010 g/mol. The summed E-state index contributed by atoms with van der Waals surface area (Å²) in [6.45, 7) is 6.42. The molecule has 468 valence electrons. The Hall–Kier alpha value is -4.19. The first-order valence-electron chi connectivity index (χ1n) is 34.5. The van der Waals surface area contributed by atoms with Crippen molar-refractivity contribution in [2.45, 2.75) is 329 Å². The van der Waals surface area contributed by atoms with Crippen LogP contribution in [0.4, 0.5) is 0 Å². The number of hydrogen-bond acceptors (Lipinski definition) is 6. The van der Waals surface area contributed by atoms with Gasteiger partial charge in [-0.2, -0.15) is 0 Å². The third kappa shape index (κ3) is 66.6. The first-order chi connectivity index (χ1) is 40.5. The van der Waals surface area contributed by atoms with Crippen LogP contribution in [0.2, 0.25) is 0 Å². The predicted octanol–water partition coefficient (Wildman–Crippen LogP) is 23.9. The van der Waals surface area contributed by atoms with Crippen molar-refractivity contribution < 1.29 is 28.6 Å². The van der Waals surface area contributed by atoms with E-state index < -0.39 is 6.10 Å². The Balaban J connectivity index is 4.35. The fraction of sp³-hybridized carbons (Fsp3) is 0.697. The highest BCUT2D eigenvalue weighted by atomic mass is 16.6. The summed E-state index contributed by atoms with van der Waals surface area (Å²) >= 11 is 0. The number of ether oxygens (including phenoxy) is 3. The monoisotopic (exact) mass is 1140 g/mol. The zero-order valence-corrected chi connectivity index (χ0v) is 53.7. The fourth-order valence-electron chi connectivity index (χ4n) is 9.62. The summed E-state index contributed by atoms with van der Waals surface area (Å²) in [5.41, 5.74) is 0. The lowest BCUT2D eigenvalue weighted by atomic mass is 10.0. The maximum Gasteiger partial charge on any atom is 0.306 e. The molecule has 6 heteroatoms. The molecule has 0 amide bonds. The second-order valence-corrected chi connectivity index (χ2v) is 22.7. The third-order valence-electron chi connectivity index (χ3n) is 14.7. The molecule has 0 aliphatic rings. The van der Waals surface area contributed by atoms with Gasteiger partial charge in [-0.1, -0.05) is 316 Å². The molecular formula is C76H128O6. The van der Waals surface area contributed by atoms with Crippen LogP contribution >= 0.6 is 0 Å². The van der Waals surface area contributed by atoms with E-state index in [9.17, 15) is 14.4 Å². The Morgan fingerprint density at radius 2 is 0.476 bits per heavy atom. The molecule has 1 atom stereocenters. The van der Waals surface area contributed by atoms with Gasteiger partial charge in [-0.15, -0.1) is 0 Å². The Labute approximate surface area is 507 Å². The smallest absolute Gasteiger partial charge is 0.306 e. The molecule has 82 heavy (non-hydrogen) atoms. The summed E-state index contributed by atoms with van der Waals surface area (Å²) < 4.78 is 17.0.